The summed E-state index contributed by atoms with van der Waals surface area (Å²) in [6.45, 7) is 10.3. The van der Waals surface area contributed by atoms with Crippen molar-refractivity contribution in [2.75, 3.05) is 12.3 Å². The number of benzene rings is 1. The van der Waals surface area contributed by atoms with Crippen molar-refractivity contribution in [2.45, 2.75) is 62.3 Å². The number of nitrogens with one attached hydrogen (secondary N) is 1. The van der Waals surface area contributed by atoms with Crippen LogP contribution >= 0.6 is 23.5 Å². The summed E-state index contributed by atoms with van der Waals surface area (Å²) < 4.78 is 0. The van der Waals surface area contributed by atoms with E-state index in [4.69, 9.17) is 0 Å². The fraction of sp³-hybridized carbons (Fsp3) is 0.667. The summed E-state index contributed by atoms with van der Waals surface area (Å²) >= 11 is 4.31. The Kier molecular flexibility index (Phi) is 6.97. The first kappa shape index (κ1) is 17.2. The molecule has 1 aliphatic heterocycles. The Morgan fingerprint density at radius 1 is 1.14 bits per heavy atom. The van der Waals surface area contributed by atoms with Gasteiger partial charge in [0.05, 0.1) is 0 Å². The van der Waals surface area contributed by atoms with Gasteiger partial charge in [0.2, 0.25) is 0 Å². The maximum atomic E-state index is 3.79. The van der Waals surface area contributed by atoms with Crippen LogP contribution in [0.2, 0.25) is 0 Å². The Labute approximate surface area is 139 Å². The summed E-state index contributed by atoms with van der Waals surface area (Å²) in [7, 11) is 0. The Morgan fingerprint density at radius 2 is 1.86 bits per heavy atom. The zero-order valence-corrected chi connectivity index (χ0v) is 15.4. The van der Waals surface area contributed by atoms with Gasteiger partial charge in [-0.25, -0.2) is 0 Å². The number of thioether (sulfide) groups is 2. The molecule has 2 rings (SSSR count). The second-order valence-electron chi connectivity index (χ2n) is 5.95. The second-order valence-corrected chi connectivity index (χ2v) is 8.98. The van der Waals surface area contributed by atoms with E-state index >= 15 is 0 Å². The van der Waals surface area contributed by atoms with Gasteiger partial charge in [-0.15, -0.1) is 0 Å². The third-order valence-electron chi connectivity index (χ3n) is 4.31. The summed E-state index contributed by atoms with van der Waals surface area (Å²) in [6.07, 6.45) is 2.32. The van der Waals surface area contributed by atoms with Crippen molar-refractivity contribution in [3.63, 3.8) is 0 Å². The molecule has 4 unspecified atom stereocenters. The molecule has 1 saturated heterocycles. The smallest absolute Gasteiger partial charge is 0.0448 e. The van der Waals surface area contributed by atoms with Crippen LogP contribution in [0.1, 0.15) is 51.3 Å². The molecule has 1 heterocycles. The van der Waals surface area contributed by atoms with Gasteiger partial charge in [0.25, 0.3) is 0 Å². The van der Waals surface area contributed by atoms with Crippen LogP contribution in [-0.2, 0) is 6.42 Å². The van der Waals surface area contributed by atoms with Crippen molar-refractivity contribution in [1.29, 1.82) is 0 Å². The first-order valence-corrected chi connectivity index (χ1v) is 10.2. The lowest BCUT2D eigenvalue weighted by Gasteiger charge is -2.36. The van der Waals surface area contributed by atoms with E-state index < -0.39 is 0 Å². The van der Waals surface area contributed by atoms with E-state index in [1.54, 1.807) is 0 Å². The van der Waals surface area contributed by atoms with Gasteiger partial charge in [-0.3, -0.25) is 0 Å². The number of aryl methyl sites for hydroxylation is 1. The van der Waals surface area contributed by atoms with Crippen molar-refractivity contribution >= 4 is 23.5 Å². The van der Waals surface area contributed by atoms with Crippen LogP contribution in [0.15, 0.2) is 24.3 Å². The van der Waals surface area contributed by atoms with Crippen molar-refractivity contribution in [3.8, 4) is 0 Å². The first-order valence-electron chi connectivity index (χ1n) is 8.25. The predicted molar refractivity (Wildman–Crippen MR) is 99.6 cm³/mol. The fourth-order valence-electron chi connectivity index (χ4n) is 2.71. The minimum absolute atomic E-state index is 0.489. The van der Waals surface area contributed by atoms with Crippen LogP contribution in [0.5, 0.6) is 0 Å². The minimum atomic E-state index is 0.489. The molecule has 3 heteroatoms. The molecule has 21 heavy (non-hydrogen) atoms. The Hall–Kier alpha value is -0.120. The molecule has 0 saturated carbocycles. The van der Waals surface area contributed by atoms with Gasteiger partial charge in [-0.1, -0.05) is 52.0 Å². The SMILES string of the molecule is CCCNC(c1ccc(CC)cc1)C1CSC(C)C(C)S1. The van der Waals surface area contributed by atoms with Gasteiger partial charge in [0.1, 0.15) is 0 Å². The van der Waals surface area contributed by atoms with Crippen LogP contribution in [0.3, 0.4) is 0 Å². The molecule has 1 fully saturated rings. The molecule has 1 N–H and O–H groups in total. The zero-order chi connectivity index (χ0) is 15.2. The highest BCUT2D eigenvalue weighted by atomic mass is 32.2. The molecule has 0 bridgehead atoms. The van der Waals surface area contributed by atoms with E-state index in [0.29, 0.717) is 11.3 Å². The summed E-state index contributed by atoms with van der Waals surface area (Å²) in [4.78, 5) is 0. The highest BCUT2D eigenvalue weighted by Gasteiger charge is 2.31. The predicted octanol–water partition coefficient (Wildman–Crippen LogP) is 4.92. The largest absolute Gasteiger partial charge is 0.309 e. The van der Waals surface area contributed by atoms with Gasteiger partial charge in [0.15, 0.2) is 0 Å². The molecule has 0 aliphatic carbocycles. The van der Waals surface area contributed by atoms with E-state index in [9.17, 15) is 0 Å². The van der Waals surface area contributed by atoms with Gasteiger partial charge < -0.3 is 5.32 Å². The van der Waals surface area contributed by atoms with E-state index in [0.717, 1.165) is 23.5 Å². The average molecular weight is 324 g/mol. The standard InChI is InChI=1S/C18H29NS2/c1-5-11-19-18(16-9-7-15(6-2)8-10-16)17-12-20-13(3)14(4)21-17/h7-10,13-14,17-19H,5-6,11-12H2,1-4H3. The third kappa shape index (κ3) is 4.67. The molecule has 0 aromatic heterocycles. The van der Waals surface area contributed by atoms with Gasteiger partial charge >= 0.3 is 0 Å². The van der Waals surface area contributed by atoms with Crippen LogP contribution in [0.4, 0.5) is 0 Å². The molecule has 1 aromatic rings. The Balaban J connectivity index is 2.12. The number of hydrogen-bond acceptors (Lipinski definition) is 3. The number of rotatable bonds is 6. The maximum absolute atomic E-state index is 3.79. The van der Waals surface area contributed by atoms with Crippen LogP contribution in [-0.4, -0.2) is 28.0 Å². The van der Waals surface area contributed by atoms with Gasteiger partial charge in [-0.05, 0) is 30.5 Å². The van der Waals surface area contributed by atoms with E-state index in [2.05, 4.69) is 80.8 Å². The summed E-state index contributed by atoms with van der Waals surface area (Å²) in [5.41, 5.74) is 2.89. The lowest BCUT2D eigenvalue weighted by molar-refractivity contribution is 0.527. The molecular weight excluding hydrogens is 294 g/mol. The molecule has 1 aliphatic rings. The maximum Gasteiger partial charge on any atom is 0.0448 e. The average Bonchev–Trinajstić information content (AvgIpc) is 2.51. The second kappa shape index (κ2) is 8.50. The molecule has 118 valence electrons. The van der Waals surface area contributed by atoms with E-state index in [1.165, 1.54) is 23.3 Å². The van der Waals surface area contributed by atoms with E-state index in [1.807, 2.05) is 0 Å². The molecule has 1 nitrogen and oxygen atoms in total. The fourth-order valence-corrected chi connectivity index (χ4v) is 5.83. The lowest BCUT2D eigenvalue weighted by Crippen LogP contribution is -2.37. The van der Waals surface area contributed by atoms with Gasteiger partial charge in [0, 0.05) is 27.5 Å². The van der Waals surface area contributed by atoms with Gasteiger partial charge in [-0.2, -0.15) is 23.5 Å². The molecule has 4 atom stereocenters. The van der Waals surface area contributed by atoms with Crippen molar-refractivity contribution in [3.05, 3.63) is 35.4 Å². The molecule has 1 aromatic carbocycles. The highest BCUT2D eigenvalue weighted by molar-refractivity contribution is 8.07. The topological polar surface area (TPSA) is 12.0 Å². The van der Waals surface area contributed by atoms with Crippen LogP contribution < -0.4 is 5.32 Å². The van der Waals surface area contributed by atoms with Crippen molar-refractivity contribution in [1.82, 2.24) is 5.32 Å². The number of hydrogen-bond donors (Lipinski definition) is 1. The van der Waals surface area contributed by atoms with Crippen molar-refractivity contribution in [2.24, 2.45) is 0 Å². The minimum Gasteiger partial charge on any atom is -0.309 e. The Morgan fingerprint density at radius 3 is 2.43 bits per heavy atom. The molecule has 0 radical (unpaired) electrons. The highest BCUT2D eigenvalue weighted by Crippen LogP contribution is 2.41. The molecule has 0 amide bonds. The normalized spacial score (nSPS) is 27.5. The lowest BCUT2D eigenvalue weighted by atomic mass is 10.0. The van der Waals surface area contributed by atoms with Crippen molar-refractivity contribution < 1.29 is 0 Å². The van der Waals surface area contributed by atoms with E-state index in [-0.39, 0.29) is 0 Å². The summed E-state index contributed by atoms with van der Waals surface area (Å²) in [5.74, 6) is 1.26. The van der Waals surface area contributed by atoms with Crippen LogP contribution in [0, 0.1) is 0 Å². The zero-order valence-electron chi connectivity index (χ0n) is 13.8. The summed E-state index contributed by atoms with van der Waals surface area (Å²) in [6, 6.07) is 9.74. The quantitative estimate of drug-likeness (QED) is 0.798. The summed E-state index contributed by atoms with van der Waals surface area (Å²) in [5, 5.41) is 6.00. The Bertz CT molecular complexity index is 418. The third-order valence-corrected chi connectivity index (χ3v) is 7.80. The molecule has 0 spiro atoms. The first-order chi connectivity index (χ1) is 10.2. The van der Waals surface area contributed by atoms with Crippen LogP contribution in [0.25, 0.3) is 0 Å². The molecular formula is C18H29NS2. The monoisotopic (exact) mass is 323 g/mol.